The topological polar surface area (TPSA) is 113 Å². The zero-order chi connectivity index (χ0) is 20.8. The Hall–Kier alpha value is -3.17. The average Bonchev–Trinajstić information content (AvgIpc) is 3.09. The number of hydrogen-bond acceptors (Lipinski definition) is 6. The summed E-state index contributed by atoms with van der Waals surface area (Å²) in [6.45, 7) is 2.18. The average molecular weight is 433 g/mol. The molecule has 0 bridgehead atoms. The van der Waals surface area contributed by atoms with Gasteiger partial charge in [-0.1, -0.05) is 11.6 Å². The third-order valence-electron chi connectivity index (χ3n) is 3.74. The number of halogens is 1. The molecule has 3 aromatic rings. The molecule has 0 aliphatic carbocycles. The Bertz CT molecular complexity index is 1020. The van der Waals surface area contributed by atoms with E-state index in [0.29, 0.717) is 35.2 Å². The van der Waals surface area contributed by atoms with Crippen molar-refractivity contribution in [3.8, 4) is 5.75 Å². The molecule has 150 valence electrons. The SMILES string of the molecule is Cc1ccc(C(=O)Nc2ccc(OCCc3csc(NC(=O)O)n3)cc2)c(Cl)n1. The molecule has 0 saturated heterocycles. The predicted molar refractivity (Wildman–Crippen MR) is 111 cm³/mol. The third-order valence-corrected chi connectivity index (χ3v) is 4.83. The zero-order valence-corrected chi connectivity index (χ0v) is 16.9. The fraction of sp³-hybridized carbons (Fsp3) is 0.158. The van der Waals surface area contributed by atoms with Crippen LogP contribution in [0.1, 0.15) is 21.7 Å². The Kier molecular flexibility index (Phi) is 6.63. The standard InChI is InChI=1S/C19H17ClN4O4S/c1-11-2-7-15(16(20)21-11)17(25)22-12-3-5-14(6-4-12)28-9-8-13-10-29-18(23-13)24-19(26)27/h2-7,10H,8-9H2,1H3,(H,22,25)(H,23,24)(H,26,27). The van der Waals surface area contributed by atoms with E-state index in [1.165, 1.54) is 11.3 Å². The number of nitrogens with zero attached hydrogens (tertiary/aromatic N) is 2. The molecular formula is C19H17ClN4O4S. The van der Waals surface area contributed by atoms with Crippen LogP contribution in [0.25, 0.3) is 0 Å². The first kappa shape index (κ1) is 20.6. The van der Waals surface area contributed by atoms with Crippen molar-refractivity contribution in [2.75, 3.05) is 17.2 Å². The molecule has 0 fully saturated rings. The van der Waals surface area contributed by atoms with Gasteiger partial charge in [-0.2, -0.15) is 0 Å². The molecule has 0 aliphatic heterocycles. The number of ether oxygens (including phenoxy) is 1. The third kappa shape index (κ3) is 5.90. The second-order valence-corrected chi connectivity index (χ2v) is 7.16. The summed E-state index contributed by atoms with van der Waals surface area (Å²) < 4.78 is 5.66. The Morgan fingerprint density at radius 3 is 2.59 bits per heavy atom. The van der Waals surface area contributed by atoms with Crippen LogP contribution in [-0.4, -0.2) is 33.7 Å². The van der Waals surface area contributed by atoms with Crippen molar-refractivity contribution in [1.29, 1.82) is 0 Å². The first-order valence-corrected chi connectivity index (χ1v) is 9.78. The van der Waals surface area contributed by atoms with Gasteiger partial charge in [-0.25, -0.2) is 14.8 Å². The maximum absolute atomic E-state index is 12.3. The summed E-state index contributed by atoms with van der Waals surface area (Å²) in [5.74, 6) is 0.294. The molecule has 0 radical (unpaired) electrons. The lowest BCUT2D eigenvalue weighted by molar-refractivity contribution is 0.102. The zero-order valence-electron chi connectivity index (χ0n) is 15.3. The van der Waals surface area contributed by atoms with Crippen molar-refractivity contribution < 1.29 is 19.4 Å². The molecule has 29 heavy (non-hydrogen) atoms. The fourth-order valence-corrected chi connectivity index (χ4v) is 3.39. The van der Waals surface area contributed by atoms with Crippen molar-refractivity contribution >= 4 is 45.8 Å². The van der Waals surface area contributed by atoms with E-state index in [1.54, 1.807) is 48.7 Å². The van der Waals surface area contributed by atoms with Gasteiger partial charge in [-0.3, -0.25) is 10.1 Å². The Labute approximate surface area is 175 Å². The van der Waals surface area contributed by atoms with Crippen LogP contribution in [0.4, 0.5) is 15.6 Å². The summed E-state index contributed by atoms with van der Waals surface area (Å²) in [7, 11) is 0. The lowest BCUT2D eigenvalue weighted by Gasteiger charge is -2.09. The number of amides is 2. The summed E-state index contributed by atoms with van der Waals surface area (Å²) in [6, 6.07) is 10.3. The molecule has 2 aromatic heterocycles. The number of carboxylic acid groups (broad SMARTS) is 1. The molecule has 0 aliphatic rings. The number of benzene rings is 1. The van der Waals surface area contributed by atoms with Crippen LogP contribution in [-0.2, 0) is 6.42 Å². The second kappa shape index (κ2) is 9.35. The highest BCUT2D eigenvalue weighted by atomic mass is 35.5. The number of carbonyl (C=O) groups excluding carboxylic acids is 1. The van der Waals surface area contributed by atoms with Crippen molar-refractivity contribution in [1.82, 2.24) is 9.97 Å². The van der Waals surface area contributed by atoms with Gasteiger partial charge in [0.15, 0.2) is 5.13 Å². The lowest BCUT2D eigenvalue weighted by Crippen LogP contribution is -2.13. The van der Waals surface area contributed by atoms with Gasteiger partial charge in [0.2, 0.25) is 0 Å². The van der Waals surface area contributed by atoms with Crippen molar-refractivity contribution in [3.05, 3.63) is 63.9 Å². The van der Waals surface area contributed by atoms with Crippen LogP contribution in [0.3, 0.4) is 0 Å². The largest absolute Gasteiger partial charge is 0.493 e. The van der Waals surface area contributed by atoms with Gasteiger partial charge in [0, 0.05) is 23.2 Å². The molecule has 1 aromatic carbocycles. The molecule has 8 nitrogen and oxygen atoms in total. The number of aromatic nitrogens is 2. The Morgan fingerprint density at radius 1 is 1.14 bits per heavy atom. The number of carbonyl (C=O) groups is 2. The van der Waals surface area contributed by atoms with Crippen LogP contribution in [0.5, 0.6) is 5.75 Å². The molecule has 2 heterocycles. The maximum atomic E-state index is 12.3. The predicted octanol–water partition coefficient (Wildman–Crippen LogP) is 4.46. The highest BCUT2D eigenvalue weighted by Gasteiger charge is 2.12. The highest BCUT2D eigenvalue weighted by molar-refractivity contribution is 7.13. The molecule has 0 atom stereocenters. The van der Waals surface area contributed by atoms with E-state index in [9.17, 15) is 9.59 Å². The van der Waals surface area contributed by atoms with Crippen molar-refractivity contribution in [2.24, 2.45) is 0 Å². The number of anilines is 2. The van der Waals surface area contributed by atoms with Gasteiger partial charge in [-0.15, -0.1) is 11.3 Å². The molecule has 3 rings (SSSR count). The first-order valence-electron chi connectivity index (χ1n) is 8.52. The normalized spacial score (nSPS) is 10.4. The van der Waals surface area contributed by atoms with Crippen LogP contribution in [0, 0.1) is 6.92 Å². The number of pyridine rings is 1. The van der Waals surface area contributed by atoms with E-state index in [1.807, 2.05) is 0 Å². The molecule has 0 unspecified atom stereocenters. The van der Waals surface area contributed by atoms with Gasteiger partial charge in [0.25, 0.3) is 5.91 Å². The van der Waals surface area contributed by atoms with Gasteiger partial charge < -0.3 is 15.2 Å². The quantitative estimate of drug-likeness (QED) is 0.475. The molecule has 10 heteroatoms. The molecular weight excluding hydrogens is 416 g/mol. The van der Waals surface area contributed by atoms with Crippen LogP contribution >= 0.6 is 22.9 Å². The second-order valence-electron chi connectivity index (χ2n) is 5.94. The minimum absolute atomic E-state index is 0.159. The van der Waals surface area contributed by atoms with Gasteiger partial charge >= 0.3 is 6.09 Å². The Morgan fingerprint density at radius 2 is 1.90 bits per heavy atom. The Balaban J connectivity index is 1.50. The summed E-state index contributed by atoms with van der Waals surface area (Å²) in [4.78, 5) is 31.1. The fourth-order valence-electron chi connectivity index (χ4n) is 2.37. The lowest BCUT2D eigenvalue weighted by atomic mass is 10.2. The van der Waals surface area contributed by atoms with E-state index in [4.69, 9.17) is 21.4 Å². The smallest absolute Gasteiger partial charge is 0.410 e. The summed E-state index contributed by atoms with van der Waals surface area (Å²) in [5, 5.41) is 15.9. The van der Waals surface area contributed by atoms with Crippen molar-refractivity contribution in [3.63, 3.8) is 0 Å². The van der Waals surface area contributed by atoms with Gasteiger partial charge in [-0.05, 0) is 43.3 Å². The van der Waals surface area contributed by atoms with E-state index in [2.05, 4.69) is 20.6 Å². The summed E-state index contributed by atoms with van der Waals surface area (Å²) in [5.41, 5.74) is 2.38. The van der Waals surface area contributed by atoms with E-state index >= 15 is 0 Å². The minimum Gasteiger partial charge on any atom is -0.493 e. The summed E-state index contributed by atoms with van der Waals surface area (Å²) in [6.07, 6.45) is -0.606. The van der Waals surface area contributed by atoms with Gasteiger partial charge in [0.05, 0.1) is 17.9 Å². The first-order chi connectivity index (χ1) is 13.9. The number of rotatable bonds is 7. The van der Waals surface area contributed by atoms with E-state index in [0.717, 1.165) is 11.4 Å². The molecule has 2 amide bonds. The maximum Gasteiger partial charge on any atom is 0.410 e. The van der Waals surface area contributed by atoms with E-state index in [-0.39, 0.29) is 11.1 Å². The minimum atomic E-state index is -1.14. The number of thiazole rings is 1. The number of hydrogen-bond donors (Lipinski definition) is 3. The van der Waals surface area contributed by atoms with Gasteiger partial charge in [0.1, 0.15) is 10.9 Å². The molecule has 0 saturated carbocycles. The molecule has 0 spiro atoms. The monoisotopic (exact) mass is 432 g/mol. The van der Waals surface area contributed by atoms with Crippen molar-refractivity contribution in [2.45, 2.75) is 13.3 Å². The highest BCUT2D eigenvalue weighted by Crippen LogP contribution is 2.20. The summed E-state index contributed by atoms with van der Waals surface area (Å²) >= 11 is 7.24. The van der Waals surface area contributed by atoms with Crippen LogP contribution in [0.15, 0.2) is 41.8 Å². The van der Waals surface area contributed by atoms with Crippen LogP contribution in [0.2, 0.25) is 5.15 Å². The number of nitrogens with one attached hydrogen (secondary N) is 2. The number of aryl methyl sites for hydroxylation is 1. The van der Waals surface area contributed by atoms with Crippen LogP contribution < -0.4 is 15.4 Å². The molecule has 3 N–H and O–H groups in total. The van der Waals surface area contributed by atoms with E-state index < -0.39 is 6.09 Å².